The highest BCUT2D eigenvalue weighted by Crippen LogP contribution is 2.02. The van der Waals surface area contributed by atoms with E-state index in [1.54, 1.807) is 0 Å². The van der Waals surface area contributed by atoms with E-state index in [0.717, 1.165) is 12.8 Å². The number of ether oxygens (including phenoxy) is 1. The van der Waals surface area contributed by atoms with Crippen molar-refractivity contribution >= 4 is 12.1 Å². The molecule has 0 aliphatic carbocycles. The van der Waals surface area contributed by atoms with Gasteiger partial charge >= 0.3 is 0 Å². The number of hydrogen-bond donors (Lipinski definition) is 2. The van der Waals surface area contributed by atoms with Crippen molar-refractivity contribution in [3.63, 3.8) is 0 Å². The fourth-order valence-corrected chi connectivity index (χ4v) is 0.969. The lowest BCUT2D eigenvalue weighted by atomic mass is 10.1. The molecule has 0 saturated carbocycles. The van der Waals surface area contributed by atoms with Crippen LogP contribution in [0.1, 0.15) is 26.2 Å². The van der Waals surface area contributed by atoms with Crippen LogP contribution in [-0.4, -0.2) is 47.7 Å². The fourth-order valence-electron chi connectivity index (χ4n) is 0.969. The third-order valence-electron chi connectivity index (χ3n) is 1.90. The van der Waals surface area contributed by atoms with Crippen LogP contribution in [0, 0.1) is 0 Å². The summed E-state index contributed by atoms with van der Waals surface area (Å²) in [6.45, 7) is 1.28. The number of carbonyl (C=O) groups is 2. The SMILES string of the molecule is CCCCC(=O)C(C=O)OCC(O)CO. The molecule has 0 aromatic heterocycles. The third kappa shape index (κ3) is 6.33. The van der Waals surface area contributed by atoms with Gasteiger partial charge in [-0.15, -0.1) is 0 Å². The summed E-state index contributed by atoms with van der Waals surface area (Å²) in [4.78, 5) is 21.9. The standard InChI is InChI=1S/C10H18O5/c1-2-3-4-9(14)10(6-12)15-7-8(13)5-11/h6,8,10-11,13H,2-5,7H2,1H3. The summed E-state index contributed by atoms with van der Waals surface area (Å²) in [5.41, 5.74) is 0. The van der Waals surface area contributed by atoms with Gasteiger partial charge in [-0.25, -0.2) is 0 Å². The van der Waals surface area contributed by atoms with Crippen molar-refractivity contribution in [3.8, 4) is 0 Å². The van der Waals surface area contributed by atoms with Crippen LogP contribution in [0.2, 0.25) is 0 Å². The average Bonchev–Trinajstić information content (AvgIpc) is 2.26. The molecule has 5 nitrogen and oxygen atoms in total. The van der Waals surface area contributed by atoms with Gasteiger partial charge in [-0.3, -0.25) is 9.59 Å². The molecule has 0 rings (SSSR count). The number of carbonyl (C=O) groups excluding carboxylic acids is 2. The molecule has 0 spiro atoms. The zero-order chi connectivity index (χ0) is 11.7. The first-order chi connectivity index (χ1) is 7.15. The van der Waals surface area contributed by atoms with Gasteiger partial charge in [0.2, 0.25) is 0 Å². The Morgan fingerprint density at radius 3 is 2.67 bits per heavy atom. The van der Waals surface area contributed by atoms with Gasteiger partial charge < -0.3 is 14.9 Å². The second-order valence-electron chi connectivity index (χ2n) is 3.30. The molecule has 0 fully saturated rings. The summed E-state index contributed by atoms with van der Waals surface area (Å²) < 4.78 is 4.88. The normalized spacial score (nSPS) is 14.6. The van der Waals surface area contributed by atoms with E-state index in [4.69, 9.17) is 14.9 Å². The van der Waals surface area contributed by atoms with Crippen LogP contribution in [0.15, 0.2) is 0 Å². The summed E-state index contributed by atoms with van der Waals surface area (Å²) in [5.74, 6) is -0.281. The van der Waals surface area contributed by atoms with Gasteiger partial charge in [-0.1, -0.05) is 13.3 Å². The van der Waals surface area contributed by atoms with Crippen LogP contribution >= 0.6 is 0 Å². The van der Waals surface area contributed by atoms with Crippen molar-refractivity contribution < 1.29 is 24.5 Å². The van der Waals surface area contributed by atoms with Crippen LogP contribution in [0.25, 0.3) is 0 Å². The number of aliphatic hydroxyl groups is 2. The van der Waals surface area contributed by atoms with Gasteiger partial charge in [0.05, 0.1) is 13.2 Å². The molecule has 2 atom stereocenters. The van der Waals surface area contributed by atoms with Gasteiger partial charge in [-0.05, 0) is 6.42 Å². The molecule has 0 aliphatic heterocycles. The molecule has 0 heterocycles. The Labute approximate surface area is 89.0 Å². The predicted octanol–water partition coefficient (Wildman–Crippen LogP) is -0.317. The van der Waals surface area contributed by atoms with Crippen LogP contribution in [-0.2, 0) is 14.3 Å². The molecule has 0 aromatic rings. The van der Waals surface area contributed by atoms with Crippen LogP contribution in [0.4, 0.5) is 0 Å². The maximum Gasteiger partial charge on any atom is 0.171 e. The molecular formula is C10H18O5. The Morgan fingerprint density at radius 2 is 2.20 bits per heavy atom. The fraction of sp³-hybridized carbons (Fsp3) is 0.800. The van der Waals surface area contributed by atoms with E-state index in [-0.39, 0.29) is 12.4 Å². The molecule has 0 aliphatic rings. The highest BCUT2D eigenvalue weighted by atomic mass is 16.5. The van der Waals surface area contributed by atoms with Crippen molar-refractivity contribution in [3.05, 3.63) is 0 Å². The second kappa shape index (κ2) is 8.52. The predicted molar refractivity (Wildman–Crippen MR) is 53.4 cm³/mol. The smallest absolute Gasteiger partial charge is 0.171 e. The maximum absolute atomic E-state index is 11.3. The van der Waals surface area contributed by atoms with Gasteiger partial charge in [0.1, 0.15) is 6.10 Å². The summed E-state index contributed by atoms with van der Waals surface area (Å²) >= 11 is 0. The largest absolute Gasteiger partial charge is 0.394 e. The minimum absolute atomic E-state index is 0.211. The van der Waals surface area contributed by atoms with Gasteiger partial charge in [0, 0.05) is 6.42 Å². The number of Topliss-reactive ketones (excluding diaryl/α,β-unsaturated/α-hetero) is 1. The lowest BCUT2D eigenvalue weighted by molar-refractivity contribution is -0.139. The van der Waals surface area contributed by atoms with Gasteiger partial charge in [0.15, 0.2) is 18.2 Å². The number of ketones is 1. The Kier molecular flexibility index (Phi) is 8.08. The van der Waals surface area contributed by atoms with Crippen molar-refractivity contribution in [2.75, 3.05) is 13.2 Å². The zero-order valence-corrected chi connectivity index (χ0v) is 8.89. The Hall–Kier alpha value is -0.780. The Balaban J connectivity index is 3.90. The van der Waals surface area contributed by atoms with E-state index in [1.165, 1.54) is 0 Å². The number of rotatable bonds is 9. The van der Waals surface area contributed by atoms with Crippen molar-refractivity contribution in [1.82, 2.24) is 0 Å². The molecule has 15 heavy (non-hydrogen) atoms. The number of aliphatic hydroxyl groups excluding tert-OH is 2. The summed E-state index contributed by atoms with van der Waals surface area (Å²) in [6.07, 6.45) is 0.146. The number of aldehydes is 1. The van der Waals surface area contributed by atoms with Crippen molar-refractivity contribution in [2.45, 2.75) is 38.4 Å². The molecule has 0 amide bonds. The topological polar surface area (TPSA) is 83.8 Å². The Bertz CT molecular complexity index is 192. The molecule has 0 bridgehead atoms. The van der Waals surface area contributed by atoms with E-state index in [0.29, 0.717) is 12.7 Å². The number of hydrogen-bond acceptors (Lipinski definition) is 5. The lowest BCUT2D eigenvalue weighted by Gasteiger charge is -2.12. The number of unbranched alkanes of at least 4 members (excludes halogenated alkanes) is 1. The molecule has 0 radical (unpaired) electrons. The lowest BCUT2D eigenvalue weighted by Crippen LogP contribution is -2.30. The second-order valence-corrected chi connectivity index (χ2v) is 3.30. The minimum Gasteiger partial charge on any atom is -0.394 e. The quantitative estimate of drug-likeness (QED) is 0.409. The maximum atomic E-state index is 11.3. The van der Waals surface area contributed by atoms with Crippen molar-refractivity contribution in [1.29, 1.82) is 0 Å². The molecule has 2 unspecified atom stereocenters. The molecular weight excluding hydrogens is 200 g/mol. The highest BCUT2D eigenvalue weighted by Gasteiger charge is 2.18. The summed E-state index contributed by atoms with van der Waals surface area (Å²) in [6, 6.07) is 0. The van der Waals surface area contributed by atoms with E-state index >= 15 is 0 Å². The summed E-state index contributed by atoms with van der Waals surface area (Å²) in [7, 11) is 0. The van der Waals surface area contributed by atoms with Crippen LogP contribution in [0.5, 0.6) is 0 Å². The Morgan fingerprint density at radius 1 is 1.53 bits per heavy atom. The molecule has 0 aromatic carbocycles. The van der Waals surface area contributed by atoms with Gasteiger partial charge in [-0.2, -0.15) is 0 Å². The van der Waals surface area contributed by atoms with E-state index in [9.17, 15) is 9.59 Å². The van der Waals surface area contributed by atoms with Gasteiger partial charge in [0.25, 0.3) is 0 Å². The third-order valence-corrected chi connectivity index (χ3v) is 1.90. The van der Waals surface area contributed by atoms with Crippen molar-refractivity contribution in [2.24, 2.45) is 0 Å². The van der Waals surface area contributed by atoms with E-state index in [1.807, 2.05) is 6.92 Å². The van der Waals surface area contributed by atoms with E-state index in [2.05, 4.69) is 0 Å². The molecule has 5 heteroatoms. The zero-order valence-electron chi connectivity index (χ0n) is 8.89. The monoisotopic (exact) mass is 218 g/mol. The first-order valence-electron chi connectivity index (χ1n) is 5.04. The van der Waals surface area contributed by atoms with E-state index < -0.39 is 18.8 Å². The summed E-state index contributed by atoms with van der Waals surface area (Å²) in [5, 5.41) is 17.5. The van der Waals surface area contributed by atoms with Crippen LogP contribution < -0.4 is 0 Å². The minimum atomic E-state index is -1.11. The first kappa shape index (κ1) is 14.2. The first-order valence-corrected chi connectivity index (χ1v) is 5.04. The van der Waals surface area contributed by atoms with Crippen LogP contribution in [0.3, 0.4) is 0 Å². The molecule has 2 N–H and O–H groups in total. The average molecular weight is 218 g/mol. The molecule has 0 saturated heterocycles. The highest BCUT2D eigenvalue weighted by molar-refractivity contribution is 5.96. The molecule has 88 valence electrons.